The summed E-state index contributed by atoms with van der Waals surface area (Å²) in [6.07, 6.45) is -1.26. The molecule has 1 atom stereocenters. The van der Waals surface area contributed by atoms with Crippen LogP contribution in [-0.4, -0.2) is 16.0 Å². The number of nitrogens with zero attached hydrogens (tertiary/aromatic N) is 1. The fourth-order valence-corrected chi connectivity index (χ4v) is 1.41. The lowest BCUT2D eigenvalue weighted by atomic mass is 10.3. The summed E-state index contributed by atoms with van der Waals surface area (Å²) < 4.78 is 0. The fourth-order valence-electron chi connectivity index (χ4n) is 0.619. The maximum atomic E-state index is 10.4. The predicted octanol–water partition coefficient (Wildman–Crippen LogP) is -0.0298. The molecule has 0 fully saturated rings. The van der Waals surface area contributed by atoms with Gasteiger partial charge in [0.15, 0.2) is 6.10 Å². The molecule has 0 aliphatic carbocycles. The van der Waals surface area contributed by atoms with E-state index >= 15 is 0 Å². The Labute approximate surface area is 67.7 Å². The Kier molecular flexibility index (Phi) is 2.21. The molecule has 1 aromatic heterocycles. The van der Waals surface area contributed by atoms with Gasteiger partial charge in [-0.2, -0.15) is 0 Å². The molecule has 0 spiro atoms. The van der Waals surface area contributed by atoms with E-state index in [0.717, 1.165) is 5.69 Å². The number of carbonyl (C=O) groups excluding carboxylic acids is 1. The van der Waals surface area contributed by atoms with Gasteiger partial charge in [0.1, 0.15) is 5.01 Å². The minimum atomic E-state index is -1.26. The van der Waals surface area contributed by atoms with Crippen LogP contribution in [0.1, 0.15) is 16.8 Å². The smallest absolute Gasteiger partial charge is 0.253 e. The van der Waals surface area contributed by atoms with E-state index in [1.165, 1.54) is 11.3 Å². The van der Waals surface area contributed by atoms with Gasteiger partial charge in [-0.3, -0.25) is 4.79 Å². The molecule has 5 heteroatoms. The summed E-state index contributed by atoms with van der Waals surface area (Å²) in [5.74, 6) is -0.764. The van der Waals surface area contributed by atoms with Gasteiger partial charge in [-0.15, -0.1) is 11.3 Å². The molecule has 4 nitrogen and oxygen atoms in total. The highest BCUT2D eigenvalue weighted by Crippen LogP contribution is 2.16. The van der Waals surface area contributed by atoms with Crippen LogP contribution >= 0.6 is 11.3 Å². The predicted molar refractivity (Wildman–Crippen MR) is 41.0 cm³/mol. The molecule has 0 radical (unpaired) electrons. The van der Waals surface area contributed by atoms with Crippen molar-refractivity contribution in [1.29, 1.82) is 0 Å². The molecule has 3 N–H and O–H groups in total. The van der Waals surface area contributed by atoms with Crippen molar-refractivity contribution in [3.05, 3.63) is 16.1 Å². The fraction of sp³-hybridized carbons (Fsp3) is 0.333. The first-order valence-electron chi connectivity index (χ1n) is 3.00. The Morgan fingerprint density at radius 3 is 2.91 bits per heavy atom. The van der Waals surface area contributed by atoms with Gasteiger partial charge in [-0.1, -0.05) is 0 Å². The number of amides is 1. The van der Waals surface area contributed by atoms with Crippen molar-refractivity contribution in [3.8, 4) is 0 Å². The molecule has 1 amide bonds. The Bertz CT molecular complexity index is 271. The molecule has 1 aromatic rings. The monoisotopic (exact) mass is 172 g/mol. The highest BCUT2D eigenvalue weighted by molar-refractivity contribution is 7.09. The van der Waals surface area contributed by atoms with Crippen molar-refractivity contribution in [2.24, 2.45) is 5.73 Å². The second kappa shape index (κ2) is 2.98. The number of aromatic nitrogens is 1. The van der Waals surface area contributed by atoms with Gasteiger partial charge in [-0.25, -0.2) is 4.98 Å². The van der Waals surface area contributed by atoms with Gasteiger partial charge >= 0.3 is 0 Å². The van der Waals surface area contributed by atoms with Gasteiger partial charge < -0.3 is 10.8 Å². The van der Waals surface area contributed by atoms with Gasteiger partial charge in [0.2, 0.25) is 0 Å². The number of aliphatic hydroxyl groups excluding tert-OH is 1. The number of nitrogens with two attached hydrogens (primary N) is 1. The van der Waals surface area contributed by atoms with Crippen LogP contribution in [0.3, 0.4) is 0 Å². The van der Waals surface area contributed by atoms with E-state index in [2.05, 4.69) is 4.98 Å². The average Bonchev–Trinajstić information content (AvgIpc) is 2.34. The maximum absolute atomic E-state index is 10.4. The van der Waals surface area contributed by atoms with Crippen LogP contribution in [0.4, 0.5) is 0 Å². The van der Waals surface area contributed by atoms with Crippen molar-refractivity contribution < 1.29 is 9.90 Å². The summed E-state index contributed by atoms with van der Waals surface area (Å²) in [5, 5.41) is 11.2. The summed E-state index contributed by atoms with van der Waals surface area (Å²) in [5.41, 5.74) is 5.64. The number of thiazole rings is 1. The van der Waals surface area contributed by atoms with E-state index < -0.39 is 12.0 Å². The van der Waals surface area contributed by atoms with Crippen molar-refractivity contribution in [2.75, 3.05) is 0 Å². The number of aryl methyl sites for hydroxylation is 1. The van der Waals surface area contributed by atoms with Crippen LogP contribution in [-0.2, 0) is 4.79 Å². The number of aliphatic hydroxyl groups is 1. The van der Waals surface area contributed by atoms with E-state index in [1.54, 1.807) is 12.3 Å². The molecule has 1 rings (SSSR count). The van der Waals surface area contributed by atoms with Crippen molar-refractivity contribution in [3.63, 3.8) is 0 Å². The zero-order valence-corrected chi connectivity index (χ0v) is 6.76. The topological polar surface area (TPSA) is 76.2 Å². The lowest BCUT2D eigenvalue weighted by molar-refractivity contribution is -0.126. The number of primary amides is 1. The molecule has 0 saturated carbocycles. The Hall–Kier alpha value is -0.940. The maximum Gasteiger partial charge on any atom is 0.253 e. The molecule has 1 heterocycles. The minimum Gasteiger partial charge on any atom is -0.376 e. The third-order valence-electron chi connectivity index (χ3n) is 1.14. The van der Waals surface area contributed by atoms with E-state index in [0.29, 0.717) is 5.01 Å². The molecule has 0 saturated heterocycles. The molecular formula is C6H8N2O2S. The van der Waals surface area contributed by atoms with Crippen LogP contribution in [0.25, 0.3) is 0 Å². The first-order chi connectivity index (χ1) is 5.11. The third kappa shape index (κ3) is 1.75. The first-order valence-corrected chi connectivity index (χ1v) is 3.88. The van der Waals surface area contributed by atoms with Crippen LogP contribution in [0.5, 0.6) is 0 Å². The summed E-state index contributed by atoms with van der Waals surface area (Å²) in [6.45, 7) is 1.79. The van der Waals surface area contributed by atoms with Crippen molar-refractivity contribution in [1.82, 2.24) is 4.98 Å². The lowest BCUT2D eigenvalue weighted by Crippen LogP contribution is -2.20. The molecule has 0 aliphatic heterocycles. The highest BCUT2D eigenvalue weighted by atomic mass is 32.1. The summed E-state index contributed by atoms with van der Waals surface area (Å²) in [4.78, 5) is 14.3. The standard InChI is InChI=1S/C6H8N2O2S/c1-3-2-11-6(8-3)4(9)5(7)10/h2,4,9H,1H3,(H2,7,10). The normalized spacial score (nSPS) is 12.9. The minimum absolute atomic E-state index is 0.356. The number of hydrogen-bond acceptors (Lipinski definition) is 4. The second-order valence-electron chi connectivity index (χ2n) is 2.13. The van der Waals surface area contributed by atoms with Crippen LogP contribution in [0, 0.1) is 6.92 Å². The van der Waals surface area contributed by atoms with E-state index in [9.17, 15) is 4.79 Å². The summed E-state index contributed by atoms with van der Waals surface area (Å²) >= 11 is 1.22. The quantitative estimate of drug-likeness (QED) is 0.657. The van der Waals surface area contributed by atoms with Crippen LogP contribution < -0.4 is 5.73 Å². The largest absolute Gasteiger partial charge is 0.376 e. The molecule has 1 unspecified atom stereocenters. The zero-order valence-electron chi connectivity index (χ0n) is 5.94. The second-order valence-corrected chi connectivity index (χ2v) is 3.02. The molecule has 0 bridgehead atoms. The Morgan fingerprint density at radius 1 is 1.91 bits per heavy atom. The summed E-state index contributed by atoms with van der Waals surface area (Å²) in [7, 11) is 0. The van der Waals surface area contributed by atoms with E-state index in [-0.39, 0.29) is 0 Å². The number of hydrogen-bond donors (Lipinski definition) is 2. The van der Waals surface area contributed by atoms with Gasteiger partial charge in [0.05, 0.1) is 0 Å². The first kappa shape index (κ1) is 8.16. The van der Waals surface area contributed by atoms with Crippen molar-refractivity contribution >= 4 is 17.2 Å². The molecule has 60 valence electrons. The zero-order chi connectivity index (χ0) is 8.43. The summed E-state index contributed by atoms with van der Waals surface area (Å²) in [6, 6.07) is 0. The Balaban J connectivity index is 2.84. The van der Waals surface area contributed by atoms with Crippen LogP contribution in [0.15, 0.2) is 5.38 Å². The van der Waals surface area contributed by atoms with Gasteiger partial charge in [0, 0.05) is 11.1 Å². The third-order valence-corrected chi connectivity index (χ3v) is 2.16. The van der Waals surface area contributed by atoms with Crippen LogP contribution in [0.2, 0.25) is 0 Å². The molecule has 11 heavy (non-hydrogen) atoms. The van der Waals surface area contributed by atoms with E-state index in [1.807, 2.05) is 0 Å². The van der Waals surface area contributed by atoms with Gasteiger partial charge in [-0.05, 0) is 6.92 Å². The molecule has 0 aliphatic rings. The average molecular weight is 172 g/mol. The molecule has 0 aromatic carbocycles. The SMILES string of the molecule is Cc1csc(C(O)C(N)=O)n1. The lowest BCUT2D eigenvalue weighted by Gasteiger charge is -1.99. The van der Waals surface area contributed by atoms with Gasteiger partial charge in [0.25, 0.3) is 5.91 Å². The number of carbonyl (C=O) groups is 1. The van der Waals surface area contributed by atoms with Crippen molar-refractivity contribution in [2.45, 2.75) is 13.0 Å². The number of rotatable bonds is 2. The highest BCUT2D eigenvalue weighted by Gasteiger charge is 2.16. The molecular weight excluding hydrogens is 164 g/mol. The van der Waals surface area contributed by atoms with E-state index in [4.69, 9.17) is 10.8 Å². The Morgan fingerprint density at radius 2 is 2.55 bits per heavy atom.